The lowest BCUT2D eigenvalue weighted by Gasteiger charge is -2.10. The van der Waals surface area contributed by atoms with Crippen LogP contribution in [0.25, 0.3) is 11.4 Å². The van der Waals surface area contributed by atoms with Gasteiger partial charge in [0.25, 0.3) is 0 Å². The molecule has 0 atom stereocenters. The van der Waals surface area contributed by atoms with Crippen LogP contribution in [0.2, 0.25) is 0 Å². The van der Waals surface area contributed by atoms with Gasteiger partial charge in [-0.25, -0.2) is 0 Å². The molecule has 0 saturated carbocycles. The molecule has 0 spiro atoms. The number of hydrogen-bond donors (Lipinski definition) is 0. The van der Waals surface area contributed by atoms with Gasteiger partial charge in [0.1, 0.15) is 5.75 Å². The van der Waals surface area contributed by atoms with Crippen LogP contribution in [0.1, 0.15) is 26.7 Å². The van der Waals surface area contributed by atoms with E-state index in [1.54, 1.807) is 7.11 Å². The third-order valence-corrected chi connectivity index (χ3v) is 2.40. The molecule has 0 N–H and O–H groups in total. The normalized spacial score (nSPS) is 11.5. The summed E-state index contributed by atoms with van der Waals surface area (Å²) in [4.78, 5) is 4.39. The summed E-state index contributed by atoms with van der Waals surface area (Å²) in [7, 11) is 1.63. The van der Waals surface area contributed by atoms with Crippen LogP contribution in [0.4, 0.5) is 0 Å². The van der Waals surface area contributed by atoms with Gasteiger partial charge < -0.3 is 9.26 Å². The number of nitrogens with zero attached hydrogens (tertiary/aromatic N) is 2. The molecule has 1 aromatic carbocycles. The first-order chi connectivity index (χ1) is 8.00. The third kappa shape index (κ3) is 2.46. The van der Waals surface area contributed by atoms with E-state index in [1.165, 1.54) is 0 Å². The van der Waals surface area contributed by atoms with E-state index in [-0.39, 0.29) is 5.41 Å². The molecule has 17 heavy (non-hydrogen) atoms. The zero-order valence-corrected chi connectivity index (χ0v) is 10.5. The van der Waals surface area contributed by atoms with Gasteiger partial charge in [-0.2, -0.15) is 4.98 Å². The molecular formula is C13H16N2O2. The molecule has 4 nitrogen and oxygen atoms in total. The first-order valence-corrected chi connectivity index (χ1v) is 5.49. The van der Waals surface area contributed by atoms with E-state index in [9.17, 15) is 0 Å². The quantitative estimate of drug-likeness (QED) is 0.798. The van der Waals surface area contributed by atoms with Crippen molar-refractivity contribution in [2.24, 2.45) is 0 Å². The highest BCUT2D eigenvalue weighted by Gasteiger charge is 2.22. The average molecular weight is 232 g/mol. The number of hydrogen-bond acceptors (Lipinski definition) is 4. The number of methoxy groups -OCH3 is 1. The maximum atomic E-state index is 5.26. The van der Waals surface area contributed by atoms with Gasteiger partial charge in [0, 0.05) is 11.0 Å². The minimum atomic E-state index is -0.135. The van der Waals surface area contributed by atoms with Gasteiger partial charge in [-0.05, 0) is 12.1 Å². The Hall–Kier alpha value is -1.84. The first kappa shape index (κ1) is 11.6. The molecule has 0 radical (unpaired) electrons. The van der Waals surface area contributed by atoms with Gasteiger partial charge >= 0.3 is 0 Å². The topological polar surface area (TPSA) is 48.2 Å². The molecule has 90 valence electrons. The van der Waals surface area contributed by atoms with Crippen LogP contribution in [-0.2, 0) is 5.41 Å². The molecular weight excluding hydrogens is 216 g/mol. The highest BCUT2D eigenvalue weighted by Crippen LogP contribution is 2.25. The number of ether oxygens (including phenoxy) is 1. The maximum absolute atomic E-state index is 5.26. The van der Waals surface area contributed by atoms with Crippen molar-refractivity contribution in [1.82, 2.24) is 10.1 Å². The largest absolute Gasteiger partial charge is 0.497 e. The Morgan fingerprint density at radius 3 is 2.59 bits per heavy atom. The van der Waals surface area contributed by atoms with Crippen molar-refractivity contribution in [3.8, 4) is 17.1 Å². The van der Waals surface area contributed by atoms with Gasteiger partial charge in [0.05, 0.1) is 7.11 Å². The van der Waals surface area contributed by atoms with Crippen LogP contribution in [-0.4, -0.2) is 17.3 Å². The molecule has 0 amide bonds. The van der Waals surface area contributed by atoms with E-state index in [0.29, 0.717) is 11.7 Å². The van der Waals surface area contributed by atoms with Crippen molar-refractivity contribution in [3.05, 3.63) is 30.2 Å². The van der Waals surface area contributed by atoms with Crippen molar-refractivity contribution in [3.63, 3.8) is 0 Å². The molecule has 1 heterocycles. The lowest BCUT2D eigenvalue weighted by atomic mass is 9.97. The van der Waals surface area contributed by atoms with Crippen molar-refractivity contribution in [2.75, 3.05) is 7.11 Å². The summed E-state index contributed by atoms with van der Waals surface area (Å²) in [5.41, 5.74) is 0.757. The van der Waals surface area contributed by atoms with Crippen LogP contribution in [0, 0.1) is 0 Å². The fourth-order valence-corrected chi connectivity index (χ4v) is 1.41. The third-order valence-electron chi connectivity index (χ3n) is 2.40. The molecule has 0 aliphatic rings. The number of aromatic nitrogens is 2. The van der Waals surface area contributed by atoms with E-state index in [0.717, 1.165) is 11.3 Å². The fraction of sp³-hybridized carbons (Fsp3) is 0.385. The lowest BCUT2D eigenvalue weighted by Crippen LogP contribution is -2.11. The Labute approximate surface area is 101 Å². The highest BCUT2D eigenvalue weighted by atomic mass is 16.5. The van der Waals surface area contributed by atoms with Gasteiger partial charge in [-0.15, -0.1) is 0 Å². The minimum absolute atomic E-state index is 0.135. The molecule has 0 bridgehead atoms. The summed E-state index contributed by atoms with van der Waals surface area (Å²) < 4.78 is 10.4. The fourth-order valence-electron chi connectivity index (χ4n) is 1.41. The van der Waals surface area contributed by atoms with E-state index in [1.807, 2.05) is 45.0 Å². The van der Waals surface area contributed by atoms with Crippen molar-refractivity contribution >= 4 is 0 Å². The van der Waals surface area contributed by atoms with E-state index < -0.39 is 0 Å². The van der Waals surface area contributed by atoms with Crippen molar-refractivity contribution < 1.29 is 9.26 Å². The first-order valence-electron chi connectivity index (χ1n) is 5.49. The van der Waals surface area contributed by atoms with Crippen LogP contribution in [0.3, 0.4) is 0 Å². The molecule has 0 unspecified atom stereocenters. The number of rotatable bonds is 2. The Kier molecular flexibility index (Phi) is 2.88. The SMILES string of the molecule is COc1cccc(-c2noc(C(C)(C)C)n2)c1. The highest BCUT2D eigenvalue weighted by molar-refractivity contribution is 5.56. The summed E-state index contributed by atoms with van der Waals surface area (Å²) >= 11 is 0. The minimum Gasteiger partial charge on any atom is -0.497 e. The Balaban J connectivity index is 2.37. The molecule has 4 heteroatoms. The van der Waals surface area contributed by atoms with E-state index in [2.05, 4.69) is 10.1 Å². The summed E-state index contributed by atoms with van der Waals surface area (Å²) in [5, 5.41) is 3.99. The molecule has 0 fully saturated rings. The standard InChI is InChI=1S/C13H16N2O2/c1-13(2,3)12-14-11(15-17-12)9-6-5-7-10(8-9)16-4/h5-8H,1-4H3. The summed E-state index contributed by atoms with van der Waals surface area (Å²) in [5.74, 6) is 2.01. The molecule has 2 rings (SSSR count). The Morgan fingerprint density at radius 1 is 1.24 bits per heavy atom. The molecule has 1 aromatic heterocycles. The zero-order valence-electron chi connectivity index (χ0n) is 10.5. The van der Waals surface area contributed by atoms with Crippen LogP contribution >= 0.6 is 0 Å². The molecule has 0 aliphatic heterocycles. The molecule has 0 saturated heterocycles. The van der Waals surface area contributed by atoms with Gasteiger partial charge in [0.2, 0.25) is 11.7 Å². The predicted octanol–water partition coefficient (Wildman–Crippen LogP) is 3.04. The van der Waals surface area contributed by atoms with Crippen LogP contribution in [0.5, 0.6) is 5.75 Å². The number of benzene rings is 1. The molecule has 0 aliphatic carbocycles. The Morgan fingerprint density at radius 2 is 2.00 bits per heavy atom. The van der Waals surface area contributed by atoms with Gasteiger partial charge in [0.15, 0.2) is 0 Å². The summed E-state index contributed by atoms with van der Waals surface area (Å²) in [6.45, 7) is 6.11. The smallest absolute Gasteiger partial charge is 0.232 e. The second kappa shape index (κ2) is 4.20. The van der Waals surface area contributed by atoms with Crippen LogP contribution in [0.15, 0.2) is 28.8 Å². The summed E-state index contributed by atoms with van der Waals surface area (Å²) in [6.07, 6.45) is 0. The predicted molar refractivity (Wildman–Crippen MR) is 65.0 cm³/mol. The summed E-state index contributed by atoms with van der Waals surface area (Å²) in [6, 6.07) is 7.60. The second-order valence-electron chi connectivity index (χ2n) is 4.91. The second-order valence-corrected chi connectivity index (χ2v) is 4.91. The molecule has 2 aromatic rings. The van der Waals surface area contributed by atoms with E-state index in [4.69, 9.17) is 9.26 Å². The van der Waals surface area contributed by atoms with Gasteiger partial charge in [-0.1, -0.05) is 38.1 Å². The average Bonchev–Trinajstić information content (AvgIpc) is 2.78. The van der Waals surface area contributed by atoms with Crippen LogP contribution < -0.4 is 4.74 Å². The van der Waals surface area contributed by atoms with E-state index >= 15 is 0 Å². The monoisotopic (exact) mass is 232 g/mol. The van der Waals surface area contributed by atoms with Gasteiger partial charge in [-0.3, -0.25) is 0 Å². The van der Waals surface area contributed by atoms with Crippen molar-refractivity contribution in [2.45, 2.75) is 26.2 Å². The maximum Gasteiger partial charge on any atom is 0.232 e. The lowest BCUT2D eigenvalue weighted by molar-refractivity contribution is 0.321. The zero-order chi connectivity index (χ0) is 12.5. The Bertz CT molecular complexity index is 512. The van der Waals surface area contributed by atoms with Crippen molar-refractivity contribution in [1.29, 1.82) is 0 Å².